The van der Waals surface area contributed by atoms with Gasteiger partial charge in [-0.1, -0.05) is 267 Å². The summed E-state index contributed by atoms with van der Waals surface area (Å²) in [6, 6.07) is -0.849. The van der Waals surface area contributed by atoms with Gasteiger partial charge in [0, 0.05) is 6.42 Å². The molecule has 2 aliphatic heterocycles. The van der Waals surface area contributed by atoms with E-state index in [-0.39, 0.29) is 18.9 Å². The van der Waals surface area contributed by atoms with Gasteiger partial charge in [0.05, 0.1) is 32.0 Å². The molecule has 0 aliphatic carbocycles. The number of ether oxygens (including phenoxy) is 4. The van der Waals surface area contributed by atoms with Crippen molar-refractivity contribution in [1.29, 1.82) is 0 Å². The molecule has 0 aromatic carbocycles. The number of amides is 1. The van der Waals surface area contributed by atoms with Crippen molar-refractivity contribution >= 4 is 5.91 Å². The number of hydrogen-bond acceptors (Lipinski definition) is 13. The van der Waals surface area contributed by atoms with Gasteiger partial charge in [-0.2, -0.15) is 0 Å². The minimum atomic E-state index is -1.79. The Kier molecular flexibility index (Phi) is 49.5. The molecule has 14 nitrogen and oxygen atoms in total. The summed E-state index contributed by atoms with van der Waals surface area (Å²) >= 11 is 0. The molecule has 0 aromatic rings. The van der Waals surface area contributed by atoms with Gasteiger partial charge in [0.15, 0.2) is 12.6 Å². The van der Waals surface area contributed by atoms with Gasteiger partial charge in [-0.05, 0) is 64.2 Å². The zero-order chi connectivity index (χ0) is 60.2. The summed E-state index contributed by atoms with van der Waals surface area (Å²) in [5.41, 5.74) is 0. The Morgan fingerprint density at radius 1 is 0.446 bits per heavy atom. The number of aliphatic hydroxyl groups excluding tert-OH is 8. The van der Waals surface area contributed by atoms with Crippen LogP contribution in [-0.2, 0) is 23.7 Å². The molecule has 0 aromatic heterocycles. The molecular weight excluding hydrogens is 1050 g/mol. The van der Waals surface area contributed by atoms with Crippen molar-refractivity contribution in [3.8, 4) is 0 Å². The lowest BCUT2D eigenvalue weighted by Gasteiger charge is -2.46. The molecule has 0 spiro atoms. The summed E-state index contributed by atoms with van der Waals surface area (Å²) in [5, 5.41) is 87.5. The first-order chi connectivity index (χ1) is 40.6. The van der Waals surface area contributed by atoms with Gasteiger partial charge in [0.25, 0.3) is 0 Å². The van der Waals surface area contributed by atoms with E-state index in [0.717, 1.165) is 89.9 Å². The fraction of sp³-hybridized carbons (Fsp3) is 0.812. The number of allylic oxidation sites excluding steroid dienone is 12. The molecule has 1 amide bonds. The fourth-order valence-corrected chi connectivity index (χ4v) is 10.8. The Labute approximate surface area is 504 Å². The monoisotopic (exact) mass is 1170 g/mol. The van der Waals surface area contributed by atoms with E-state index >= 15 is 0 Å². The highest BCUT2D eigenvalue weighted by Gasteiger charge is 2.51. The maximum Gasteiger partial charge on any atom is 0.220 e. The third-order valence-corrected chi connectivity index (χ3v) is 16.2. The molecule has 12 atom stereocenters. The summed E-state index contributed by atoms with van der Waals surface area (Å²) in [6.07, 6.45) is 54.8. The normalized spacial score (nSPS) is 24.3. The third kappa shape index (κ3) is 38.4. The van der Waals surface area contributed by atoms with Crippen molar-refractivity contribution in [3.05, 3.63) is 72.9 Å². The minimum absolute atomic E-state index is 0.231. The van der Waals surface area contributed by atoms with E-state index in [1.54, 1.807) is 0 Å². The van der Waals surface area contributed by atoms with Crippen LogP contribution in [-0.4, -0.2) is 140 Å². The van der Waals surface area contributed by atoms with E-state index in [1.807, 2.05) is 0 Å². The average Bonchev–Trinajstić information content (AvgIpc) is 3.64. The SMILES string of the molecule is CC/C=C\C/C=C\C/C=C\C/C=C\C/C=C\C/C=C\CCCCCCC(=O)NC(COC1OC(CO)C(OC2OC(CO)C(O)C(O)C2O)C(O)C1O)C(O)CCCCCCCCCCCCCCCCCCCCCCCCCCCC. The van der Waals surface area contributed by atoms with Crippen LogP contribution in [0.25, 0.3) is 0 Å². The van der Waals surface area contributed by atoms with E-state index in [1.165, 1.54) is 141 Å². The predicted octanol–water partition coefficient (Wildman–Crippen LogP) is 13.1. The van der Waals surface area contributed by atoms with Crippen LogP contribution in [0, 0.1) is 0 Å². The Balaban J connectivity index is 1.71. The van der Waals surface area contributed by atoms with Crippen molar-refractivity contribution < 1.29 is 64.6 Å². The summed E-state index contributed by atoms with van der Waals surface area (Å²) < 4.78 is 22.9. The molecule has 83 heavy (non-hydrogen) atoms. The number of nitrogens with one attached hydrogen (secondary N) is 1. The molecule has 482 valence electrons. The summed E-state index contributed by atoms with van der Waals surface area (Å²) in [4.78, 5) is 13.3. The van der Waals surface area contributed by atoms with Crippen molar-refractivity contribution in [2.45, 2.75) is 338 Å². The molecule has 12 unspecified atom stereocenters. The van der Waals surface area contributed by atoms with E-state index in [9.17, 15) is 45.6 Å². The largest absolute Gasteiger partial charge is 0.394 e. The molecule has 0 saturated carbocycles. The average molecular weight is 1170 g/mol. The standard InChI is InChI=1S/C69H123NO13/c1-3-5-7-9-11-13-15-17-19-21-23-25-27-28-29-31-32-34-36-38-40-42-44-46-48-50-52-58(73)57(56-80-68-66(79)64(77)67(60(55-72)82-68)83-69-65(78)63(76)62(75)59(54-71)81-69)70-61(74)53-51-49-47-45-43-41-39-37-35-33-30-26-24-22-20-18-16-14-12-10-8-6-4-2/h6,8,12,14,18,20,24,26,33,35,39,41,57-60,62-69,71-73,75-79H,3-5,7,9-11,13,15-17,19,21-23,25,27-32,34,36-38,40,42-56H2,1-2H3,(H,70,74)/b8-6-,14-12-,20-18-,26-24-,35-33-,41-39-. The maximum atomic E-state index is 13.3. The van der Waals surface area contributed by atoms with Crippen LogP contribution in [0.1, 0.15) is 264 Å². The number of aliphatic hydroxyl groups is 8. The molecule has 2 aliphatic rings. The fourth-order valence-electron chi connectivity index (χ4n) is 10.8. The van der Waals surface area contributed by atoms with E-state index in [2.05, 4.69) is 92.1 Å². The van der Waals surface area contributed by atoms with Gasteiger partial charge in [-0.3, -0.25) is 4.79 Å². The number of carbonyl (C=O) groups excluding carboxylic acids is 1. The van der Waals surface area contributed by atoms with E-state index < -0.39 is 86.8 Å². The zero-order valence-corrected chi connectivity index (χ0v) is 52.2. The second-order valence-corrected chi connectivity index (χ2v) is 23.6. The maximum absolute atomic E-state index is 13.3. The molecule has 2 fully saturated rings. The lowest BCUT2D eigenvalue weighted by molar-refractivity contribution is -0.359. The van der Waals surface area contributed by atoms with Crippen molar-refractivity contribution in [3.63, 3.8) is 0 Å². The Morgan fingerprint density at radius 3 is 1.28 bits per heavy atom. The lowest BCUT2D eigenvalue weighted by atomic mass is 9.97. The summed E-state index contributed by atoms with van der Waals surface area (Å²) in [5.74, 6) is -0.231. The van der Waals surface area contributed by atoms with Crippen LogP contribution in [0.15, 0.2) is 72.9 Å². The molecule has 2 heterocycles. The Bertz CT molecular complexity index is 1670. The minimum Gasteiger partial charge on any atom is -0.394 e. The second kappa shape index (κ2) is 53.7. The topological polar surface area (TPSA) is 228 Å². The van der Waals surface area contributed by atoms with Gasteiger partial charge in [-0.15, -0.1) is 0 Å². The van der Waals surface area contributed by atoms with Gasteiger partial charge in [0.1, 0.15) is 48.8 Å². The molecule has 2 saturated heterocycles. The Hall–Kier alpha value is -2.57. The van der Waals surface area contributed by atoms with Crippen LogP contribution in [0.2, 0.25) is 0 Å². The number of hydrogen-bond donors (Lipinski definition) is 9. The summed E-state index contributed by atoms with van der Waals surface area (Å²) in [7, 11) is 0. The van der Waals surface area contributed by atoms with Crippen molar-refractivity contribution in [2.24, 2.45) is 0 Å². The zero-order valence-electron chi connectivity index (χ0n) is 52.2. The van der Waals surface area contributed by atoms with E-state index in [0.29, 0.717) is 12.8 Å². The molecule has 2 rings (SSSR count). The van der Waals surface area contributed by atoms with Crippen molar-refractivity contribution in [2.75, 3.05) is 19.8 Å². The number of unbranched alkanes of at least 4 members (excludes halogenated alkanes) is 29. The highest BCUT2D eigenvalue weighted by molar-refractivity contribution is 5.76. The molecular formula is C69H123NO13. The van der Waals surface area contributed by atoms with Gasteiger partial charge < -0.3 is 65.1 Å². The van der Waals surface area contributed by atoms with Gasteiger partial charge >= 0.3 is 0 Å². The molecule has 0 radical (unpaired) electrons. The predicted molar refractivity (Wildman–Crippen MR) is 337 cm³/mol. The lowest BCUT2D eigenvalue weighted by Crippen LogP contribution is -2.65. The first kappa shape index (κ1) is 76.5. The number of rotatable bonds is 54. The van der Waals surface area contributed by atoms with Gasteiger partial charge in [0.2, 0.25) is 5.91 Å². The molecule has 0 bridgehead atoms. The first-order valence-corrected chi connectivity index (χ1v) is 33.7. The van der Waals surface area contributed by atoms with Crippen LogP contribution in [0.3, 0.4) is 0 Å². The van der Waals surface area contributed by atoms with Crippen LogP contribution in [0.5, 0.6) is 0 Å². The smallest absolute Gasteiger partial charge is 0.220 e. The molecule has 14 heteroatoms. The molecule has 9 N–H and O–H groups in total. The van der Waals surface area contributed by atoms with E-state index in [4.69, 9.17) is 18.9 Å². The summed E-state index contributed by atoms with van der Waals surface area (Å²) in [6.45, 7) is 2.75. The first-order valence-electron chi connectivity index (χ1n) is 33.7. The third-order valence-electron chi connectivity index (χ3n) is 16.2. The number of carbonyl (C=O) groups is 1. The second-order valence-electron chi connectivity index (χ2n) is 23.6. The van der Waals surface area contributed by atoms with Crippen LogP contribution >= 0.6 is 0 Å². The highest BCUT2D eigenvalue weighted by Crippen LogP contribution is 2.30. The highest BCUT2D eigenvalue weighted by atomic mass is 16.7. The quantitative estimate of drug-likeness (QED) is 0.0204. The van der Waals surface area contributed by atoms with Crippen LogP contribution in [0.4, 0.5) is 0 Å². The Morgan fingerprint density at radius 2 is 0.831 bits per heavy atom. The van der Waals surface area contributed by atoms with Gasteiger partial charge in [-0.25, -0.2) is 0 Å². The van der Waals surface area contributed by atoms with Crippen molar-refractivity contribution in [1.82, 2.24) is 5.32 Å². The van der Waals surface area contributed by atoms with Crippen LogP contribution < -0.4 is 5.32 Å².